The zero-order chi connectivity index (χ0) is 21.3. The zero-order valence-electron chi connectivity index (χ0n) is 18.0. The summed E-state index contributed by atoms with van der Waals surface area (Å²) in [5, 5.41) is 0. The number of aromatic nitrogens is 2. The van der Waals surface area contributed by atoms with Crippen LogP contribution in [0.3, 0.4) is 0 Å². The third-order valence-electron chi connectivity index (χ3n) is 4.99. The first kappa shape index (κ1) is 21.6. The van der Waals surface area contributed by atoms with Crippen molar-refractivity contribution in [3.05, 3.63) is 83.4 Å². The van der Waals surface area contributed by atoms with Gasteiger partial charge in [-0.15, -0.1) is 0 Å². The van der Waals surface area contributed by atoms with E-state index in [1.807, 2.05) is 68.4 Å². The molecule has 0 aliphatic carbocycles. The molecule has 0 unspecified atom stereocenters. The van der Waals surface area contributed by atoms with E-state index in [-0.39, 0.29) is 5.91 Å². The molecule has 1 amide bonds. The Morgan fingerprint density at radius 2 is 1.77 bits per heavy atom. The number of hydrogen-bond acceptors (Lipinski definition) is 4. The predicted octanol–water partition coefficient (Wildman–Crippen LogP) is 3.54. The Kier molecular flexibility index (Phi) is 7.63. The van der Waals surface area contributed by atoms with E-state index in [1.165, 1.54) is 5.56 Å². The molecule has 0 radical (unpaired) electrons. The number of benzene rings is 2. The van der Waals surface area contributed by atoms with Crippen LogP contribution in [0.15, 0.2) is 60.9 Å². The molecule has 0 saturated heterocycles. The summed E-state index contributed by atoms with van der Waals surface area (Å²) < 4.78 is 6.02. The second-order valence-electron chi connectivity index (χ2n) is 7.58. The molecule has 1 heterocycles. The lowest BCUT2D eigenvalue weighted by atomic mass is 10.1. The highest BCUT2D eigenvalue weighted by molar-refractivity contribution is 5.96. The molecule has 1 aromatic heterocycles. The van der Waals surface area contributed by atoms with Gasteiger partial charge in [-0.3, -0.25) is 4.79 Å². The summed E-state index contributed by atoms with van der Waals surface area (Å²) in [6, 6.07) is 17.7. The fraction of sp³-hybridized carbons (Fsp3) is 0.333. The lowest BCUT2D eigenvalue weighted by molar-refractivity contribution is 0.0725. The Morgan fingerprint density at radius 1 is 1.03 bits per heavy atom. The molecular weight excluding hydrogens is 376 g/mol. The van der Waals surface area contributed by atoms with Crippen LogP contribution in [0.2, 0.25) is 0 Å². The van der Waals surface area contributed by atoms with Gasteiger partial charge < -0.3 is 19.5 Å². The molecule has 0 fully saturated rings. The lowest BCUT2D eigenvalue weighted by Gasteiger charge is -2.25. The van der Waals surface area contributed by atoms with Gasteiger partial charge in [-0.2, -0.15) is 0 Å². The number of hydrogen-bond donors (Lipinski definition) is 1. The number of likely N-dealkylation sites (N-methyl/N-ethyl adjacent to an activating group) is 1. The first-order valence-electron chi connectivity index (χ1n) is 10.2. The largest absolute Gasteiger partial charge is 0.492 e. The third-order valence-corrected chi connectivity index (χ3v) is 4.99. The van der Waals surface area contributed by atoms with Crippen molar-refractivity contribution in [3.63, 3.8) is 0 Å². The highest BCUT2D eigenvalue weighted by Crippen LogP contribution is 2.21. The molecule has 0 bridgehead atoms. The Hall–Kier alpha value is -3.12. The molecule has 158 valence electrons. The third kappa shape index (κ3) is 5.94. The van der Waals surface area contributed by atoms with Crippen molar-refractivity contribution >= 4 is 5.91 Å². The van der Waals surface area contributed by atoms with Gasteiger partial charge in [0, 0.05) is 25.2 Å². The maximum atomic E-state index is 13.4. The van der Waals surface area contributed by atoms with Crippen molar-refractivity contribution in [1.29, 1.82) is 0 Å². The standard InChI is InChI=1S/C24H30N4O2/c1-19-22(26-18-25-19)17-28(15-14-27(2)3)24(29)21-11-7-8-12-23(21)30-16-13-20-9-5-4-6-10-20/h4-12,18H,13-17H2,1-3H3,(H,25,26). The van der Waals surface area contributed by atoms with Crippen molar-refractivity contribution < 1.29 is 9.53 Å². The normalized spacial score (nSPS) is 10.9. The van der Waals surface area contributed by atoms with Crippen molar-refractivity contribution in [1.82, 2.24) is 19.8 Å². The van der Waals surface area contributed by atoms with E-state index in [9.17, 15) is 4.79 Å². The number of ether oxygens (including phenoxy) is 1. The van der Waals surface area contributed by atoms with Gasteiger partial charge in [0.1, 0.15) is 5.75 Å². The number of amides is 1. The van der Waals surface area contributed by atoms with Gasteiger partial charge in [0.25, 0.3) is 5.91 Å². The maximum Gasteiger partial charge on any atom is 0.258 e. The van der Waals surface area contributed by atoms with Gasteiger partial charge in [-0.1, -0.05) is 42.5 Å². The van der Waals surface area contributed by atoms with Crippen molar-refractivity contribution in [2.75, 3.05) is 33.8 Å². The minimum Gasteiger partial charge on any atom is -0.492 e. The number of aromatic amines is 1. The number of nitrogens with one attached hydrogen (secondary N) is 1. The van der Waals surface area contributed by atoms with Gasteiger partial charge in [-0.05, 0) is 38.7 Å². The van der Waals surface area contributed by atoms with E-state index < -0.39 is 0 Å². The van der Waals surface area contributed by atoms with Gasteiger partial charge in [0.2, 0.25) is 0 Å². The van der Waals surface area contributed by atoms with Crippen LogP contribution in [0.4, 0.5) is 0 Å². The molecule has 6 nitrogen and oxygen atoms in total. The van der Waals surface area contributed by atoms with E-state index in [1.54, 1.807) is 6.33 Å². The van der Waals surface area contributed by atoms with Crippen LogP contribution in [0.1, 0.15) is 27.3 Å². The van der Waals surface area contributed by atoms with E-state index >= 15 is 0 Å². The molecule has 0 aliphatic heterocycles. The summed E-state index contributed by atoms with van der Waals surface area (Å²) in [6.45, 7) is 4.32. The number of imidazole rings is 1. The van der Waals surface area contributed by atoms with Crippen molar-refractivity contribution in [3.8, 4) is 5.75 Å². The first-order chi connectivity index (χ1) is 14.5. The minimum absolute atomic E-state index is 0.0467. The summed E-state index contributed by atoms with van der Waals surface area (Å²) in [5.74, 6) is 0.571. The van der Waals surface area contributed by atoms with Crippen LogP contribution in [-0.2, 0) is 13.0 Å². The average molecular weight is 407 g/mol. The minimum atomic E-state index is -0.0467. The summed E-state index contributed by atoms with van der Waals surface area (Å²) >= 11 is 0. The van der Waals surface area contributed by atoms with Crippen molar-refractivity contribution in [2.45, 2.75) is 19.9 Å². The Morgan fingerprint density at radius 3 is 2.47 bits per heavy atom. The topological polar surface area (TPSA) is 61.5 Å². The molecule has 1 N–H and O–H groups in total. The Labute approximate surface area is 178 Å². The summed E-state index contributed by atoms with van der Waals surface area (Å²) in [6.07, 6.45) is 2.46. The fourth-order valence-corrected chi connectivity index (χ4v) is 3.16. The number of aryl methyl sites for hydroxylation is 1. The quantitative estimate of drug-likeness (QED) is 0.559. The van der Waals surface area contributed by atoms with E-state index in [0.717, 1.165) is 24.4 Å². The van der Waals surface area contributed by atoms with Gasteiger partial charge in [0.15, 0.2) is 0 Å². The number of rotatable bonds is 10. The van der Waals surface area contributed by atoms with Gasteiger partial charge in [0.05, 0.1) is 30.7 Å². The molecule has 0 atom stereocenters. The lowest BCUT2D eigenvalue weighted by Crippen LogP contribution is -2.36. The highest BCUT2D eigenvalue weighted by atomic mass is 16.5. The highest BCUT2D eigenvalue weighted by Gasteiger charge is 2.21. The maximum absolute atomic E-state index is 13.4. The molecule has 0 aliphatic rings. The smallest absolute Gasteiger partial charge is 0.258 e. The Bertz CT molecular complexity index is 937. The predicted molar refractivity (Wildman–Crippen MR) is 119 cm³/mol. The SMILES string of the molecule is Cc1[nH]cnc1CN(CCN(C)C)C(=O)c1ccccc1OCCc1ccccc1. The second kappa shape index (κ2) is 10.6. The molecule has 0 spiro atoms. The van der Waals surface area contributed by atoms with Crippen LogP contribution in [-0.4, -0.2) is 59.5 Å². The van der Waals surface area contributed by atoms with E-state index in [2.05, 4.69) is 27.0 Å². The molecule has 3 rings (SSSR count). The fourth-order valence-electron chi connectivity index (χ4n) is 3.16. The van der Waals surface area contributed by atoms with Crippen molar-refractivity contribution in [2.24, 2.45) is 0 Å². The molecule has 30 heavy (non-hydrogen) atoms. The van der Waals surface area contributed by atoms with Crippen LogP contribution in [0.5, 0.6) is 5.75 Å². The second-order valence-corrected chi connectivity index (χ2v) is 7.58. The number of para-hydroxylation sites is 1. The summed E-state index contributed by atoms with van der Waals surface area (Å²) in [7, 11) is 4.01. The molecule has 3 aromatic rings. The number of carbonyl (C=O) groups excluding carboxylic acids is 1. The number of carbonyl (C=O) groups is 1. The van der Waals surface area contributed by atoms with Crippen LogP contribution < -0.4 is 4.74 Å². The number of nitrogens with zero attached hydrogens (tertiary/aromatic N) is 3. The van der Waals surface area contributed by atoms with Crippen LogP contribution in [0, 0.1) is 6.92 Å². The zero-order valence-corrected chi connectivity index (χ0v) is 18.0. The van der Waals surface area contributed by atoms with E-state index in [4.69, 9.17) is 4.74 Å². The first-order valence-corrected chi connectivity index (χ1v) is 10.2. The van der Waals surface area contributed by atoms with Gasteiger partial charge >= 0.3 is 0 Å². The average Bonchev–Trinajstić information content (AvgIpc) is 3.16. The molecule has 0 saturated carbocycles. The molecular formula is C24H30N4O2. The number of H-pyrrole nitrogens is 1. The molecule has 2 aromatic carbocycles. The van der Waals surface area contributed by atoms with Gasteiger partial charge in [-0.25, -0.2) is 4.98 Å². The Balaban J connectivity index is 1.73. The van der Waals surface area contributed by atoms with Crippen LogP contribution >= 0.6 is 0 Å². The molecule has 6 heteroatoms. The monoisotopic (exact) mass is 406 g/mol. The summed E-state index contributed by atoms with van der Waals surface area (Å²) in [5.41, 5.74) is 3.65. The summed E-state index contributed by atoms with van der Waals surface area (Å²) in [4.78, 5) is 24.8. The van der Waals surface area contributed by atoms with E-state index in [0.29, 0.717) is 31.0 Å². The van der Waals surface area contributed by atoms with Crippen LogP contribution in [0.25, 0.3) is 0 Å².